The number of benzene rings is 1. The van der Waals surface area contributed by atoms with E-state index in [0.29, 0.717) is 37.4 Å². The van der Waals surface area contributed by atoms with Gasteiger partial charge in [0.25, 0.3) is 0 Å². The Labute approximate surface area is 187 Å². The smallest absolute Gasteiger partial charge is 0.410 e. The Bertz CT molecular complexity index is 949. The van der Waals surface area contributed by atoms with Gasteiger partial charge in [-0.1, -0.05) is 11.6 Å². The maximum absolute atomic E-state index is 14.8. The minimum Gasteiger partial charge on any atom is -0.461 e. The van der Waals surface area contributed by atoms with Gasteiger partial charge in [0.2, 0.25) is 0 Å². The van der Waals surface area contributed by atoms with Crippen LogP contribution in [0.15, 0.2) is 10.5 Å². The molecule has 0 saturated carbocycles. The molecule has 30 heavy (non-hydrogen) atoms. The summed E-state index contributed by atoms with van der Waals surface area (Å²) in [5, 5.41) is 9.65. The number of hydrogen-bond acceptors (Lipinski definition) is 7. The van der Waals surface area contributed by atoms with E-state index in [-0.39, 0.29) is 40.3 Å². The van der Waals surface area contributed by atoms with Crippen molar-refractivity contribution in [1.29, 1.82) is 0 Å². The van der Waals surface area contributed by atoms with E-state index < -0.39 is 11.4 Å². The van der Waals surface area contributed by atoms with Gasteiger partial charge in [-0.15, -0.1) is 0 Å². The van der Waals surface area contributed by atoms with E-state index in [1.54, 1.807) is 11.0 Å². The van der Waals surface area contributed by atoms with E-state index in [9.17, 15) is 9.18 Å². The average molecular weight is 506 g/mol. The first kappa shape index (κ1) is 22.8. The Hall–Kier alpha value is -1.91. The van der Waals surface area contributed by atoms with Crippen LogP contribution in [0.5, 0.6) is 6.01 Å². The van der Waals surface area contributed by atoms with Gasteiger partial charge in [-0.3, -0.25) is 0 Å². The molecule has 1 aliphatic rings. The van der Waals surface area contributed by atoms with E-state index in [1.807, 2.05) is 25.7 Å². The third-order valence-corrected chi connectivity index (χ3v) is 5.64. The molecule has 0 spiro atoms. The molecule has 0 unspecified atom stereocenters. The van der Waals surface area contributed by atoms with Crippen molar-refractivity contribution in [3.8, 4) is 6.01 Å². The van der Waals surface area contributed by atoms with Crippen molar-refractivity contribution in [1.82, 2.24) is 14.9 Å². The first-order valence-corrected chi connectivity index (χ1v) is 10.6. The Balaban J connectivity index is 1.90. The summed E-state index contributed by atoms with van der Waals surface area (Å²) >= 11 is 9.28. The van der Waals surface area contributed by atoms with E-state index >= 15 is 0 Å². The van der Waals surface area contributed by atoms with Gasteiger partial charge < -0.3 is 24.4 Å². The second-order valence-corrected chi connectivity index (χ2v) is 8.94. The van der Waals surface area contributed by atoms with Crippen LogP contribution in [0.4, 0.5) is 15.0 Å². The summed E-state index contributed by atoms with van der Waals surface area (Å²) in [5.41, 5.74) is -0.517. The zero-order valence-electron chi connectivity index (χ0n) is 16.9. The molecule has 11 heteroatoms. The van der Waals surface area contributed by atoms with Gasteiger partial charge in [-0.2, -0.15) is 9.97 Å². The number of anilines is 1. The van der Waals surface area contributed by atoms with Crippen molar-refractivity contribution in [2.24, 2.45) is 0 Å². The van der Waals surface area contributed by atoms with Crippen molar-refractivity contribution < 1.29 is 23.8 Å². The number of amides is 1. The van der Waals surface area contributed by atoms with Gasteiger partial charge in [-0.25, -0.2) is 9.18 Å². The number of carbonyl (C=O) groups excluding carboxylic acids is 1. The molecule has 1 aromatic heterocycles. The van der Waals surface area contributed by atoms with Crippen molar-refractivity contribution in [2.75, 3.05) is 44.3 Å². The molecule has 2 heterocycles. The van der Waals surface area contributed by atoms with Crippen molar-refractivity contribution in [3.63, 3.8) is 0 Å². The lowest BCUT2D eigenvalue weighted by Gasteiger charge is -2.36. The number of ether oxygens (including phenoxy) is 2. The van der Waals surface area contributed by atoms with E-state index in [4.69, 9.17) is 26.2 Å². The maximum Gasteiger partial charge on any atom is 0.410 e. The zero-order valence-corrected chi connectivity index (χ0v) is 19.3. The quantitative estimate of drug-likeness (QED) is 0.635. The number of hydrogen-bond donors (Lipinski definition) is 1. The molecule has 0 aliphatic carbocycles. The first-order valence-electron chi connectivity index (χ1n) is 9.42. The average Bonchev–Trinajstić information content (AvgIpc) is 2.69. The van der Waals surface area contributed by atoms with Crippen LogP contribution in [0.2, 0.25) is 5.02 Å². The van der Waals surface area contributed by atoms with E-state index in [2.05, 4.69) is 25.9 Å². The topological polar surface area (TPSA) is 88.0 Å². The van der Waals surface area contributed by atoms with Crippen LogP contribution in [-0.4, -0.2) is 71.1 Å². The van der Waals surface area contributed by atoms with Crippen molar-refractivity contribution in [2.45, 2.75) is 26.4 Å². The number of aliphatic hydroxyl groups excluding tert-OH is 1. The Morgan fingerprint density at radius 2 is 1.97 bits per heavy atom. The van der Waals surface area contributed by atoms with Gasteiger partial charge in [0.1, 0.15) is 23.5 Å². The molecule has 1 aliphatic heterocycles. The minimum atomic E-state index is -0.623. The summed E-state index contributed by atoms with van der Waals surface area (Å²) in [7, 11) is 0. The predicted octanol–water partition coefficient (Wildman–Crippen LogP) is 3.61. The SMILES string of the molecule is CC(C)(C)OC(=O)N1CCN(c2nc(OCCO)nc3c(F)c(Br)c(Cl)cc23)CC1. The summed E-state index contributed by atoms with van der Waals surface area (Å²) in [5.74, 6) is -0.174. The molecule has 1 fully saturated rings. The number of aromatic nitrogens is 2. The third-order valence-electron chi connectivity index (χ3n) is 4.34. The molecule has 0 atom stereocenters. The molecule has 1 N–H and O–H groups in total. The first-order chi connectivity index (χ1) is 14.1. The number of halogens is 3. The maximum atomic E-state index is 14.8. The highest BCUT2D eigenvalue weighted by atomic mass is 79.9. The summed E-state index contributed by atoms with van der Waals surface area (Å²) in [6.45, 7) is 6.96. The summed E-state index contributed by atoms with van der Waals surface area (Å²) in [6.07, 6.45) is -0.375. The molecule has 1 saturated heterocycles. The highest BCUT2D eigenvalue weighted by Crippen LogP contribution is 2.36. The fourth-order valence-electron chi connectivity index (χ4n) is 3.01. The van der Waals surface area contributed by atoms with Crippen molar-refractivity contribution >= 4 is 50.3 Å². The molecule has 1 amide bonds. The van der Waals surface area contributed by atoms with Crippen LogP contribution >= 0.6 is 27.5 Å². The highest BCUT2D eigenvalue weighted by Gasteiger charge is 2.28. The van der Waals surface area contributed by atoms with Crippen LogP contribution in [0.3, 0.4) is 0 Å². The minimum absolute atomic E-state index is 0.0201. The lowest BCUT2D eigenvalue weighted by atomic mass is 10.2. The van der Waals surface area contributed by atoms with Gasteiger partial charge in [0, 0.05) is 31.6 Å². The number of rotatable bonds is 4. The van der Waals surface area contributed by atoms with Crippen LogP contribution in [0, 0.1) is 5.82 Å². The molecule has 8 nitrogen and oxygen atoms in total. The Kier molecular flexibility index (Phi) is 6.88. The van der Waals surface area contributed by atoms with Gasteiger partial charge in [-0.05, 0) is 42.8 Å². The molecular weight excluding hydrogens is 483 g/mol. The molecule has 1 aromatic carbocycles. The molecule has 0 radical (unpaired) electrons. The van der Waals surface area contributed by atoms with Crippen LogP contribution in [0.1, 0.15) is 20.8 Å². The van der Waals surface area contributed by atoms with Crippen LogP contribution < -0.4 is 9.64 Å². The highest BCUT2D eigenvalue weighted by molar-refractivity contribution is 9.10. The normalized spacial score (nSPS) is 14.9. The van der Waals surface area contributed by atoms with E-state index in [1.165, 1.54) is 0 Å². The summed E-state index contributed by atoms with van der Waals surface area (Å²) < 4.78 is 25.7. The van der Waals surface area contributed by atoms with Crippen molar-refractivity contribution in [3.05, 3.63) is 21.4 Å². The van der Waals surface area contributed by atoms with Gasteiger partial charge >= 0.3 is 12.1 Å². The lowest BCUT2D eigenvalue weighted by Crippen LogP contribution is -2.50. The fourth-order valence-corrected chi connectivity index (χ4v) is 3.50. The third kappa shape index (κ3) is 5.04. The Morgan fingerprint density at radius 3 is 2.57 bits per heavy atom. The molecule has 0 bridgehead atoms. The monoisotopic (exact) mass is 504 g/mol. The number of piperazine rings is 1. The van der Waals surface area contributed by atoms with Crippen LogP contribution in [0.25, 0.3) is 10.9 Å². The molecule has 2 aromatic rings. The van der Waals surface area contributed by atoms with E-state index in [0.717, 1.165) is 0 Å². The number of fused-ring (bicyclic) bond motifs is 1. The predicted molar refractivity (Wildman–Crippen MR) is 115 cm³/mol. The lowest BCUT2D eigenvalue weighted by molar-refractivity contribution is 0.0240. The molecule has 164 valence electrons. The van der Waals surface area contributed by atoms with Crippen LogP contribution in [-0.2, 0) is 4.74 Å². The standard InChI is InChI=1S/C19H23BrClFN4O4/c1-19(2,3)30-18(28)26-6-4-25(5-7-26)16-11-10-12(21)13(20)14(22)15(11)23-17(24-16)29-9-8-27/h10,27H,4-9H2,1-3H3. The summed E-state index contributed by atoms with van der Waals surface area (Å²) in [4.78, 5) is 24.4. The zero-order chi connectivity index (χ0) is 22.1. The largest absolute Gasteiger partial charge is 0.461 e. The van der Waals surface area contributed by atoms with Gasteiger partial charge in [0.05, 0.1) is 16.1 Å². The second-order valence-electron chi connectivity index (χ2n) is 7.74. The second kappa shape index (κ2) is 9.07. The molecule has 3 rings (SSSR count). The number of nitrogens with zero attached hydrogens (tertiary/aromatic N) is 4. The summed E-state index contributed by atoms with van der Waals surface area (Å²) in [6, 6.07) is 1.55. The molecular formula is C19H23BrClFN4O4. The number of carbonyl (C=O) groups is 1. The Morgan fingerprint density at radius 1 is 1.30 bits per heavy atom. The number of aliphatic hydroxyl groups is 1. The fraction of sp³-hybridized carbons (Fsp3) is 0.526. The van der Waals surface area contributed by atoms with Gasteiger partial charge in [0.15, 0.2) is 5.82 Å².